The number of carbonyl (C=O) groups excluding carboxylic acids is 1. The molecule has 0 aromatic rings. The quantitative estimate of drug-likeness (QED) is 0.801. The first-order valence-corrected chi connectivity index (χ1v) is 6.95. The number of rotatable bonds is 4. The number of morpholine rings is 1. The third-order valence-electron chi connectivity index (χ3n) is 3.74. The van der Waals surface area contributed by atoms with E-state index in [9.17, 15) is 4.79 Å². The largest absolute Gasteiger partial charge is 0.378 e. The highest BCUT2D eigenvalue weighted by molar-refractivity contribution is 5.76. The molecule has 98 valence electrons. The molecule has 1 N–H and O–H groups in total. The molecule has 0 aromatic heterocycles. The summed E-state index contributed by atoms with van der Waals surface area (Å²) in [7, 11) is 0. The highest BCUT2D eigenvalue weighted by Crippen LogP contribution is 2.17. The smallest absolute Gasteiger partial charge is 0.224 e. The molecular formula is C13H24N2O2. The third kappa shape index (κ3) is 4.28. The molecule has 4 heteroatoms. The lowest BCUT2D eigenvalue weighted by molar-refractivity contribution is -0.135. The topological polar surface area (TPSA) is 41.6 Å². The first-order valence-electron chi connectivity index (χ1n) is 6.95. The summed E-state index contributed by atoms with van der Waals surface area (Å²) >= 11 is 0. The van der Waals surface area contributed by atoms with Crippen molar-refractivity contribution in [3.63, 3.8) is 0 Å². The number of amides is 1. The van der Waals surface area contributed by atoms with Crippen molar-refractivity contribution >= 4 is 5.91 Å². The number of carbonyl (C=O) groups is 1. The zero-order valence-electron chi connectivity index (χ0n) is 10.6. The van der Waals surface area contributed by atoms with Gasteiger partial charge < -0.3 is 15.0 Å². The van der Waals surface area contributed by atoms with Crippen molar-refractivity contribution in [1.29, 1.82) is 0 Å². The van der Waals surface area contributed by atoms with Crippen molar-refractivity contribution in [2.75, 3.05) is 32.8 Å². The molecule has 1 aliphatic carbocycles. The Labute approximate surface area is 104 Å². The summed E-state index contributed by atoms with van der Waals surface area (Å²) in [6.45, 7) is 3.76. The van der Waals surface area contributed by atoms with Crippen LogP contribution in [0.2, 0.25) is 0 Å². The van der Waals surface area contributed by atoms with Crippen LogP contribution in [0.4, 0.5) is 0 Å². The van der Waals surface area contributed by atoms with Crippen LogP contribution in [0.5, 0.6) is 0 Å². The van der Waals surface area contributed by atoms with E-state index in [2.05, 4.69) is 5.32 Å². The maximum absolute atomic E-state index is 11.9. The van der Waals surface area contributed by atoms with Gasteiger partial charge in [0.05, 0.1) is 13.2 Å². The number of hydrogen-bond acceptors (Lipinski definition) is 3. The van der Waals surface area contributed by atoms with Crippen LogP contribution >= 0.6 is 0 Å². The molecule has 1 heterocycles. The van der Waals surface area contributed by atoms with E-state index < -0.39 is 0 Å². The molecule has 17 heavy (non-hydrogen) atoms. The van der Waals surface area contributed by atoms with Crippen LogP contribution in [0.15, 0.2) is 0 Å². The Balaban J connectivity index is 1.58. The molecular weight excluding hydrogens is 216 g/mol. The van der Waals surface area contributed by atoms with Crippen LogP contribution < -0.4 is 5.32 Å². The van der Waals surface area contributed by atoms with Gasteiger partial charge in [0.2, 0.25) is 5.91 Å². The minimum Gasteiger partial charge on any atom is -0.378 e. The Hall–Kier alpha value is -0.610. The van der Waals surface area contributed by atoms with Gasteiger partial charge in [-0.2, -0.15) is 0 Å². The molecule has 2 aliphatic rings. The Bertz CT molecular complexity index is 234. The van der Waals surface area contributed by atoms with Gasteiger partial charge in [-0.3, -0.25) is 4.79 Å². The van der Waals surface area contributed by atoms with Gasteiger partial charge in [-0.05, 0) is 12.8 Å². The van der Waals surface area contributed by atoms with Gasteiger partial charge in [-0.25, -0.2) is 0 Å². The predicted octanol–water partition coefficient (Wildman–Crippen LogP) is 1.16. The Morgan fingerprint density at radius 3 is 2.59 bits per heavy atom. The van der Waals surface area contributed by atoms with Gasteiger partial charge in [0.15, 0.2) is 0 Å². The summed E-state index contributed by atoms with van der Waals surface area (Å²) in [6, 6.07) is 0.654. The summed E-state index contributed by atoms with van der Waals surface area (Å²) in [5.74, 6) is 0.275. The summed E-state index contributed by atoms with van der Waals surface area (Å²) in [4.78, 5) is 13.8. The van der Waals surface area contributed by atoms with Crippen LogP contribution in [0, 0.1) is 0 Å². The van der Waals surface area contributed by atoms with E-state index in [1.807, 2.05) is 4.90 Å². The first kappa shape index (κ1) is 12.8. The summed E-state index contributed by atoms with van der Waals surface area (Å²) < 4.78 is 5.24. The van der Waals surface area contributed by atoms with E-state index in [0.29, 0.717) is 25.7 Å². The lowest BCUT2D eigenvalue weighted by Crippen LogP contribution is -2.42. The molecule has 2 rings (SSSR count). The maximum atomic E-state index is 11.9. The molecule has 1 saturated carbocycles. The SMILES string of the molecule is O=C(CCNC1CCCCC1)N1CCOCC1. The van der Waals surface area contributed by atoms with Crippen LogP contribution in [0.25, 0.3) is 0 Å². The summed E-state index contributed by atoms with van der Waals surface area (Å²) in [5.41, 5.74) is 0. The average Bonchev–Trinajstić information content (AvgIpc) is 2.41. The second kappa shape index (κ2) is 6.97. The molecule has 2 fully saturated rings. The molecule has 1 amide bonds. The number of ether oxygens (including phenoxy) is 1. The van der Waals surface area contributed by atoms with Gasteiger partial charge in [0, 0.05) is 32.1 Å². The van der Waals surface area contributed by atoms with Gasteiger partial charge in [0.25, 0.3) is 0 Å². The van der Waals surface area contributed by atoms with Crippen LogP contribution in [0.1, 0.15) is 38.5 Å². The number of nitrogens with one attached hydrogen (secondary N) is 1. The molecule has 0 bridgehead atoms. The zero-order valence-corrected chi connectivity index (χ0v) is 10.6. The van der Waals surface area contributed by atoms with Crippen LogP contribution in [-0.2, 0) is 9.53 Å². The Morgan fingerprint density at radius 1 is 1.18 bits per heavy atom. The molecule has 0 radical (unpaired) electrons. The Kier molecular flexibility index (Phi) is 5.26. The van der Waals surface area contributed by atoms with Crippen molar-refractivity contribution in [1.82, 2.24) is 10.2 Å². The van der Waals surface area contributed by atoms with E-state index in [-0.39, 0.29) is 5.91 Å². The van der Waals surface area contributed by atoms with Crippen molar-refractivity contribution in [3.8, 4) is 0 Å². The second-order valence-corrected chi connectivity index (χ2v) is 5.03. The first-order chi connectivity index (χ1) is 8.36. The lowest BCUT2D eigenvalue weighted by atomic mass is 9.95. The zero-order chi connectivity index (χ0) is 11.9. The highest BCUT2D eigenvalue weighted by Gasteiger charge is 2.17. The highest BCUT2D eigenvalue weighted by atomic mass is 16.5. The van der Waals surface area contributed by atoms with Gasteiger partial charge in [-0.1, -0.05) is 19.3 Å². The molecule has 0 unspecified atom stereocenters. The van der Waals surface area contributed by atoms with E-state index in [0.717, 1.165) is 19.6 Å². The Morgan fingerprint density at radius 2 is 1.88 bits per heavy atom. The number of hydrogen-bond donors (Lipinski definition) is 1. The normalized spacial score (nSPS) is 22.7. The molecule has 0 spiro atoms. The van der Waals surface area contributed by atoms with E-state index in [4.69, 9.17) is 4.74 Å². The predicted molar refractivity (Wildman–Crippen MR) is 66.9 cm³/mol. The minimum atomic E-state index is 0.275. The fourth-order valence-corrected chi connectivity index (χ4v) is 2.66. The molecule has 1 aliphatic heterocycles. The van der Waals surface area contributed by atoms with Crippen LogP contribution in [0.3, 0.4) is 0 Å². The minimum absolute atomic E-state index is 0.275. The van der Waals surface area contributed by atoms with Gasteiger partial charge in [0.1, 0.15) is 0 Å². The van der Waals surface area contributed by atoms with E-state index in [1.54, 1.807) is 0 Å². The van der Waals surface area contributed by atoms with E-state index >= 15 is 0 Å². The van der Waals surface area contributed by atoms with E-state index in [1.165, 1.54) is 32.1 Å². The monoisotopic (exact) mass is 240 g/mol. The molecule has 4 nitrogen and oxygen atoms in total. The molecule has 0 aromatic carbocycles. The number of nitrogens with zero attached hydrogens (tertiary/aromatic N) is 1. The fraction of sp³-hybridized carbons (Fsp3) is 0.923. The maximum Gasteiger partial charge on any atom is 0.224 e. The third-order valence-corrected chi connectivity index (χ3v) is 3.74. The fourth-order valence-electron chi connectivity index (χ4n) is 2.66. The summed E-state index contributed by atoms with van der Waals surface area (Å²) in [5, 5.41) is 3.51. The second-order valence-electron chi connectivity index (χ2n) is 5.03. The lowest BCUT2D eigenvalue weighted by Gasteiger charge is -2.27. The molecule has 1 saturated heterocycles. The van der Waals surface area contributed by atoms with Crippen molar-refractivity contribution in [2.24, 2.45) is 0 Å². The van der Waals surface area contributed by atoms with Crippen molar-refractivity contribution in [2.45, 2.75) is 44.6 Å². The molecule has 0 atom stereocenters. The average molecular weight is 240 g/mol. The van der Waals surface area contributed by atoms with Crippen molar-refractivity contribution < 1.29 is 9.53 Å². The van der Waals surface area contributed by atoms with Gasteiger partial charge >= 0.3 is 0 Å². The summed E-state index contributed by atoms with van der Waals surface area (Å²) in [6.07, 6.45) is 7.27. The van der Waals surface area contributed by atoms with Gasteiger partial charge in [-0.15, -0.1) is 0 Å². The standard InChI is InChI=1S/C13H24N2O2/c16-13(15-8-10-17-11-9-15)6-7-14-12-4-2-1-3-5-12/h12,14H,1-11H2. The van der Waals surface area contributed by atoms with Crippen molar-refractivity contribution in [3.05, 3.63) is 0 Å². The van der Waals surface area contributed by atoms with Crippen LogP contribution in [-0.4, -0.2) is 49.7 Å².